The topological polar surface area (TPSA) is 44.8 Å². The van der Waals surface area contributed by atoms with Crippen molar-refractivity contribution in [3.8, 4) is 11.5 Å². The highest BCUT2D eigenvalue weighted by atomic mass is 35.5. The van der Waals surface area contributed by atoms with Gasteiger partial charge in [-0.3, -0.25) is 0 Å². The normalized spacial score (nSPS) is 12.9. The molecule has 1 heterocycles. The zero-order chi connectivity index (χ0) is 24.9. The van der Waals surface area contributed by atoms with Gasteiger partial charge in [0.25, 0.3) is 0 Å². The number of hydrogen-bond acceptors (Lipinski definition) is 5. The lowest BCUT2D eigenvalue weighted by molar-refractivity contribution is -0.136. The van der Waals surface area contributed by atoms with Crippen LogP contribution in [0.4, 0.5) is 4.39 Å². The van der Waals surface area contributed by atoms with E-state index >= 15 is 0 Å². The van der Waals surface area contributed by atoms with Crippen LogP contribution < -0.4 is 9.47 Å². The van der Waals surface area contributed by atoms with Crippen molar-refractivity contribution in [2.45, 2.75) is 27.1 Å². The van der Waals surface area contributed by atoms with Crippen LogP contribution in [0.1, 0.15) is 34.1 Å². The van der Waals surface area contributed by atoms with Gasteiger partial charge < -0.3 is 14.2 Å². The van der Waals surface area contributed by atoms with E-state index in [9.17, 15) is 9.18 Å². The number of halogens is 2. The first-order valence-corrected chi connectivity index (χ1v) is 12.3. The minimum absolute atomic E-state index is 0.112. The zero-order valence-electron chi connectivity index (χ0n) is 19.4. The number of carbonyl (C=O) groups excluding carboxylic acids is 1. The number of rotatable bonds is 8. The van der Waals surface area contributed by atoms with Crippen molar-refractivity contribution in [2.75, 3.05) is 6.61 Å². The maximum Gasteiger partial charge on any atom is 0.339 e. The van der Waals surface area contributed by atoms with E-state index in [0.29, 0.717) is 33.2 Å². The molecular weight excluding hydrogens is 487 g/mol. The highest BCUT2D eigenvalue weighted by molar-refractivity contribution is 7.12. The van der Waals surface area contributed by atoms with E-state index in [1.54, 1.807) is 43.3 Å². The Hall–Kier alpha value is -3.35. The molecule has 4 rings (SSSR count). The molecule has 0 aliphatic heterocycles. The molecule has 0 bridgehead atoms. The van der Waals surface area contributed by atoms with Crippen molar-refractivity contribution in [1.29, 1.82) is 0 Å². The van der Waals surface area contributed by atoms with Gasteiger partial charge in [0, 0.05) is 22.8 Å². The van der Waals surface area contributed by atoms with Crippen molar-refractivity contribution in [2.24, 2.45) is 0 Å². The summed E-state index contributed by atoms with van der Waals surface area (Å²) in [6.45, 7) is 8.27. The molecule has 3 aromatic rings. The van der Waals surface area contributed by atoms with E-state index in [2.05, 4.69) is 6.58 Å². The van der Waals surface area contributed by atoms with Crippen LogP contribution in [0.3, 0.4) is 0 Å². The quantitative estimate of drug-likeness (QED) is 0.295. The first-order valence-electron chi connectivity index (χ1n) is 11.0. The molecule has 1 aromatic heterocycles. The number of aryl methyl sites for hydroxylation is 1. The third-order valence-electron chi connectivity index (χ3n) is 5.26. The van der Waals surface area contributed by atoms with Crippen molar-refractivity contribution in [1.82, 2.24) is 0 Å². The van der Waals surface area contributed by atoms with Gasteiger partial charge in [-0.1, -0.05) is 36.4 Å². The van der Waals surface area contributed by atoms with Gasteiger partial charge in [-0.15, -0.1) is 11.3 Å². The molecule has 0 radical (unpaired) electrons. The molecule has 180 valence electrons. The SMILES string of the molecule is C=C1C=C(C(=O)OCC)c2scc(COc3cc(C)cc(OCc4ccccc4F)c3)c2C(Cl)=C1. The molecule has 4 nitrogen and oxygen atoms in total. The van der Waals surface area contributed by atoms with E-state index in [-0.39, 0.29) is 25.6 Å². The molecule has 0 spiro atoms. The molecule has 0 atom stereocenters. The monoisotopic (exact) mass is 510 g/mol. The smallest absolute Gasteiger partial charge is 0.339 e. The lowest BCUT2D eigenvalue weighted by Gasteiger charge is -2.12. The molecule has 1 aliphatic rings. The molecular formula is C28H24ClFO4S. The summed E-state index contributed by atoms with van der Waals surface area (Å²) in [4.78, 5) is 13.3. The van der Waals surface area contributed by atoms with Gasteiger partial charge >= 0.3 is 5.97 Å². The third kappa shape index (κ3) is 5.84. The Morgan fingerprint density at radius 2 is 1.74 bits per heavy atom. The second kappa shape index (κ2) is 10.9. The van der Waals surface area contributed by atoms with Crippen LogP contribution in [0, 0.1) is 12.7 Å². The number of ether oxygens (including phenoxy) is 3. The van der Waals surface area contributed by atoms with Gasteiger partial charge in [-0.2, -0.15) is 0 Å². The Morgan fingerprint density at radius 1 is 1.06 bits per heavy atom. The van der Waals surface area contributed by atoms with Crippen LogP contribution in [-0.4, -0.2) is 12.6 Å². The minimum atomic E-state index is -0.417. The van der Waals surface area contributed by atoms with Crippen LogP contribution >= 0.6 is 22.9 Å². The van der Waals surface area contributed by atoms with E-state index in [1.807, 2.05) is 24.4 Å². The number of benzene rings is 2. The Kier molecular flexibility index (Phi) is 7.73. The lowest BCUT2D eigenvalue weighted by atomic mass is 10.1. The Morgan fingerprint density at radius 3 is 2.43 bits per heavy atom. The first kappa shape index (κ1) is 24.8. The Labute approximate surface area is 212 Å². The van der Waals surface area contributed by atoms with Gasteiger partial charge in [0.15, 0.2) is 0 Å². The van der Waals surface area contributed by atoms with Crippen LogP contribution in [0.25, 0.3) is 10.6 Å². The first-order chi connectivity index (χ1) is 16.9. The van der Waals surface area contributed by atoms with E-state index < -0.39 is 5.97 Å². The van der Waals surface area contributed by atoms with E-state index in [1.165, 1.54) is 17.4 Å². The number of esters is 1. The van der Waals surface area contributed by atoms with Crippen LogP contribution in [0.15, 0.2) is 72.1 Å². The van der Waals surface area contributed by atoms with Crippen molar-refractivity contribution in [3.63, 3.8) is 0 Å². The predicted molar refractivity (Wildman–Crippen MR) is 138 cm³/mol. The Balaban J connectivity index is 1.53. The molecule has 1 aliphatic carbocycles. The second-order valence-corrected chi connectivity index (χ2v) is 9.25. The molecule has 35 heavy (non-hydrogen) atoms. The number of carbonyl (C=O) groups is 1. The van der Waals surface area contributed by atoms with Gasteiger partial charge in [-0.05, 0) is 60.7 Å². The fraction of sp³-hybridized carbons (Fsp3) is 0.179. The van der Waals surface area contributed by atoms with Gasteiger partial charge in [0.2, 0.25) is 0 Å². The highest BCUT2D eigenvalue weighted by Crippen LogP contribution is 2.40. The number of allylic oxidation sites excluding steroid dienone is 3. The van der Waals surface area contributed by atoms with Crippen LogP contribution in [0.5, 0.6) is 11.5 Å². The Bertz CT molecular complexity index is 1340. The number of hydrogen-bond donors (Lipinski definition) is 0. The predicted octanol–water partition coefficient (Wildman–Crippen LogP) is 7.45. The van der Waals surface area contributed by atoms with Crippen molar-refractivity contribution < 1.29 is 23.4 Å². The summed E-state index contributed by atoms with van der Waals surface area (Å²) < 4.78 is 31.0. The average Bonchev–Trinajstić information content (AvgIpc) is 3.19. The van der Waals surface area contributed by atoms with E-state index in [4.69, 9.17) is 25.8 Å². The van der Waals surface area contributed by atoms with Gasteiger partial charge in [0.05, 0.1) is 22.1 Å². The summed E-state index contributed by atoms with van der Waals surface area (Å²) in [6, 6.07) is 12.0. The summed E-state index contributed by atoms with van der Waals surface area (Å²) in [5.41, 5.74) is 4.03. The summed E-state index contributed by atoms with van der Waals surface area (Å²) in [5, 5.41) is 2.41. The molecule has 7 heteroatoms. The number of fused-ring (bicyclic) bond motifs is 1. The summed E-state index contributed by atoms with van der Waals surface area (Å²) in [6.07, 6.45) is 3.41. The molecule has 0 unspecified atom stereocenters. The third-order valence-corrected chi connectivity index (χ3v) is 6.62. The lowest BCUT2D eigenvalue weighted by Crippen LogP contribution is -2.07. The largest absolute Gasteiger partial charge is 0.489 e. The molecule has 0 saturated carbocycles. The number of thiophene rings is 1. The summed E-state index contributed by atoms with van der Waals surface area (Å²) in [5.74, 6) is 0.458. The summed E-state index contributed by atoms with van der Waals surface area (Å²) in [7, 11) is 0. The maximum atomic E-state index is 13.9. The highest BCUT2D eigenvalue weighted by Gasteiger charge is 2.25. The van der Waals surface area contributed by atoms with Crippen molar-refractivity contribution >= 4 is 39.5 Å². The standard InChI is InChI=1S/C28H24ClFO4S/c1-4-32-28(31)23-11-18(3)12-24(29)26-20(16-35-27(23)26)15-34-22-10-17(2)9-21(13-22)33-14-19-7-5-6-8-25(19)30/h5-13,16H,3-4,14-15H2,1-2H3. The average molecular weight is 511 g/mol. The second-order valence-electron chi connectivity index (χ2n) is 7.96. The summed E-state index contributed by atoms with van der Waals surface area (Å²) >= 11 is 8.01. The maximum absolute atomic E-state index is 13.9. The van der Waals surface area contributed by atoms with E-state index in [0.717, 1.165) is 21.6 Å². The van der Waals surface area contributed by atoms with Crippen molar-refractivity contribution in [3.05, 3.63) is 105 Å². The molecule has 0 saturated heterocycles. The fourth-order valence-electron chi connectivity index (χ4n) is 3.67. The van der Waals surface area contributed by atoms with Crippen LogP contribution in [-0.2, 0) is 22.7 Å². The van der Waals surface area contributed by atoms with Gasteiger partial charge in [0.1, 0.15) is 30.5 Å². The minimum Gasteiger partial charge on any atom is -0.489 e. The molecule has 0 N–H and O–H groups in total. The zero-order valence-corrected chi connectivity index (χ0v) is 21.0. The molecule has 0 amide bonds. The molecule has 0 fully saturated rings. The fourth-order valence-corrected chi connectivity index (χ4v) is 5.15. The molecule has 2 aromatic carbocycles. The van der Waals surface area contributed by atoms with Crippen LogP contribution in [0.2, 0.25) is 0 Å². The van der Waals surface area contributed by atoms with Gasteiger partial charge in [-0.25, -0.2) is 9.18 Å².